The van der Waals surface area contributed by atoms with Gasteiger partial charge in [-0.3, -0.25) is 0 Å². The second kappa shape index (κ2) is 7.95. The number of carbonyl (C=O) groups is 2. The number of urea groups is 1. The zero-order valence-corrected chi connectivity index (χ0v) is 15.7. The van der Waals surface area contributed by atoms with Gasteiger partial charge in [-0.15, -0.1) is 0 Å². The predicted octanol–water partition coefficient (Wildman–Crippen LogP) is 2.46. The molecule has 0 atom stereocenters. The summed E-state index contributed by atoms with van der Waals surface area (Å²) in [5.74, 6) is 0.0961. The minimum atomic E-state index is -0.439. The highest BCUT2D eigenvalue weighted by Crippen LogP contribution is 2.30. The molecule has 0 unspecified atom stereocenters. The van der Waals surface area contributed by atoms with Crippen LogP contribution in [0.4, 0.5) is 10.5 Å². The Labute approximate surface area is 154 Å². The molecule has 0 saturated carbocycles. The highest BCUT2D eigenvalue weighted by atomic mass is 16.6. The Hall–Kier alpha value is -2.28. The molecular formula is C19H27N3O4. The van der Waals surface area contributed by atoms with E-state index in [0.29, 0.717) is 18.3 Å². The molecule has 1 aromatic rings. The van der Waals surface area contributed by atoms with E-state index < -0.39 is 5.97 Å². The number of methoxy groups -OCH3 is 1. The first kappa shape index (κ1) is 18.5. The van der Waals surface area contributed by atoms with Crippen molar-refractivity contribution < 1.29 is 19.1 Å². The molecular weight excluding hydrogens is 334 g/mol. The average Bonchev–Trinajstić information content (AvgIpc) is 2.65. The number of anilines is 1. The molecule has 3 rings (SSSR count). The predicted molar refractivity (Wildman–Crippen MR) is 98.2 cm³/mol. The fourth-order valence-corrected chi connectivity index (χ4v) is 3.55. The van der Waals surface area contributed by atoms with Crippen molar-refractivity contribution in [1.82, 2.24) is 9.80 Å². The number of fused-ring (bicyclic) bond motifs is 1. The molecule has 0 radical (unpaired) electrons. The number of hydrogen-bond donors (Lipinski definition) is 1. The quantitative estimate of drug-likeness (QED) is 0.816. The van der Waals surface area contributed by atoms with Gasteiger partial charge in [-0.05, 0) is 38.3 Å². The Morgan fingerprint density at radius 2 is 2.04 bits per heavy atom. The number of ether oxygens (including phenoxy) is 2. The lowest BCUT2D eigenvalue weighted by atomic mass is 10.00. The lowest BCUT2D eigenvalue weighted by molar-refractivity contribution is -0.142. The van der Waals surface area contributed by atoms with Crippen molar-refractivity contribution >= 4 is 17.7 Å². The summed E-state index contributed by atoms with van der Waals surface area (Å²) >= 11 is 0. The monoisotopic (exact) mass is 361 g/mol. The van der Waals surface area contributed by atoms with Crippen LogP contribution in [0.25, 0.3) is 0 Å². The topological polar surface area (TPSA) is 71.1 Å². The molecule has 1 N–H and O–H groups in total. The summed E-state index contributed by atoms with van der Waals surface area (Å²) in [7, 11) is 1.32. The first-order valence-corrected chi connectivity index (χ1v) is 9.12. The van der Waals surface area contributed by atoms with Crippen LogP contribution in [0.2, 0.25) is 0 Å². The molecule has 1 fully saturated rings. The standard InChI is InChI=1S/C19H27N3O4/c1-13(2)21-8-6-15(7-9-21)22-11-14-4-5-16(26-12-18(23)25-3)10-17(14)20-19(22)24/h4-5,10,13,15H,6-9,11-12H2,1-3H3,(H,20,24). The van der Waals surface area contributed by atoms with E-state index in [2.05, 4.69) is 28.8 Å². The summed E-state index contributed by atoms with van der Waals surface area (Å²) in [4.78, 5) is 28.2. The van der Waals surface area contributed by atoms with E-state index in [1.54, 1.807) is 6.07 Å². The van der Waals surface area contributed by atoms with E-state index in [9.17, 15) is 9.59 Å². The third-order valence-corrected chi connectivity index (χ3v) is 5.18. The molecule has 0 bridgehead atoms. The van der Waals surface area contributed by atoms with Gasteiger partial charge in [-0.25, -0.2) is 9.59 Å². The second-order valence-electron chi connectivity index (χ2n) is 7.10. The summed E-state index contributed by atoms with van der Waals surface area (Å²) in [5, 5.41) is 2.96. The molecule has 0 aromatic heterocycles. The van der Waals surface area contributed by atoms with Crippen LogP contribution in [0.15, 0.2) is 18.2 Å². The van der Waals surface area contributed by atoms with Gasteiger partial charge >= 0.3 is 12.0 Å². The number of amides is 2. The molecule has 7 heteroatoms. The third kappa shape index (κ3) is 4.09. The molecule has 142 valence electrons. The zero-order valence-electron chi connectivity index (χ0n) is 15.7. The number of piperidine rings is 1. The second-order valence-corrected chi connectivity index (χ2v) is 7.10. The highest BCUT2D eigenvalue weighted by molar-refractivity contribution is 5.92. The number of nitrogens with zero attached hydrogens (tertiary/aromatic N) is 2. The molecule has 2 aliphatic heterocycles. The van der Waals surface area contributed by atoms with Crippen LogP contribution in [0, 0.1) is 0 Å². The number of hydrogen-bond acceptors (Lipinski definition) is 5. The minimum Gasteiger partial charge on any atom is -0.482 e. The lowest BCUT2D eigenvalue weighted by Gasteiger charge is -2.41. The molecule has 2 amide bonds. The SMILES string of the molecule is COC(=O)COc1ccc2c(c1)NC(=O)N(C1CCN(C(C)C)CC1)C2. The summed E-state index contributed by atoms with van der Waals surface area (Å²) in [6.07, 6.45) is 2.00. The summed E-state index contributed by atoms with van der Waals surface area (Å²) in [5.41, 5.74) is 1.80. The molecule has 2 heterocycles. The smallest absolute Gasteiger partial charge is 0.343 e. The average molecular weight is 361 g/mol. The van der Waals surface area contributed by atoms with Gasteiger partial charge in [0.2, 0.25) is 0 Å². The van der Waals surface area contributed by atoms with Crippen LogP contribution in [0.5, 0.6) is 5.75 Å². The lowest BCUT2D eigenvalue weighted by Crippen LogP contribution is -2.51. The molecule has 7 nitrogen and oxygen atoms in total. The van der Waals surface area contributed by atoms with Crippen molar-refractivity contribution in [3.05, 3.63) is 23.8 Å². The maximum absolute atomic E-state index is 12.6. The van der Waals surface area contributed by atoms with Crippen LogP contribution in [0.3, 0.4) is 0 Å². The van der Waals surface area contributed by atoms with Gasteiger partial charge in [0.25, 0.3) is 0 Å². The van der Waals surface area contributed by atoms with Gasteiger partial charge in [0.15, 0.2) is 6.61 Å². The first-order chi connectivity index (χ1) is 12.5. The number of benzene rings is 1. The Morgan fingerprint density at radius 3 is 2.69 bits per heavy atom. The number of esters is 1. The summed E-state index contributed by atoms with van der Waals surface area (Å²) in [6, 6.07) is 6.28. The van der Waals surface area contributed by atoms with Crippen molar-refractivity contribution in [3.8, 4) is 5.75 Å². The molecule has 1 aromatic carbocycles. The molecule has 26 heavy (non-hydrogen) atoms. The third-order valence-electron chi connectivity index (χ3n) is 5.18. The van der Waals surface area contributed by atoms with Crippen molar-refractivity contribution in [2.24, 2.45) is 0 Å². The number of rotatable bonds is 5. The highest BCUT2D eigenvalue weighted by Gasteiger charge is 2.32. The van der Waals surface area contributed by atoms with E-state index in [1.807, 2.05) is 17.0 Å². The number of nitrogens with one attached hydrogen (secondary N) is 1. The van der Waals surface area contributed by atoms with Gasteiger partial charge < -0.3 is 24.6 Å². The van der Waals surface area contributed by atoms with Crippen molar-refractivity contribution in [2.45, 2.75) is 45.3 Å². The van der Waals surface area contributed by atoms with Gasteiger partial charge in [0, 0.05) is 37.8 Å². The van der Waals surface area contributed by atoms with Gasteiger partial charge in [-0.1, -0.05) is 6.07 Å². The van der Waals surface area contributed by atoms with Gasteiger partial charge in [0.05, 0.1) is 12.8 Å². The fourth-order valence-electron chi connectivity index (χ4n) is 3.55. The van der Waals surface area contributed by atoms with E-state index in [4.69, 9.17) is 4.74 Å². The first-order valence-electron chi connectivity index (χ1n) is 9.12. The van der Waals surface area contributed by atoms with E-state index >= 15 is 0 Å². The van der Waals surface area contributed by atoms with Crippen molar-refractivity contribution in [3.63, 3.8) is 0 Å². The van der Waals surface area contributed by atoms with Crippen LogP contribution >= 0.6 is 0 Å². The zero-order chi connectivity index (χ0) is 18.7. The van der Waals surface area contributed by atoms with Crippen LogP contribution in [0.1, 0.15) is 32.3 Å². The number of likely N-dealkylation sites (tertiary alicyclic amines) is 1. The fraction of sp³-hybridized carbons (Fsp3) is 0.579. The summed E-state index contributed by atoms with van der Waals surface area (Å²) < 4.78 is 9.95. The normalized spacial score (nSPS) is 18.5. The van der Waals surface area contributed by atoms with E-state index in [-0.39, 0.29) is 18.7 Å². The maximum Gasteiger partial charge on any atom is 0.343 e. The Morgan fingerprint density at radius 1 is 1.31 bits per heavy atom. The maximum atomic E-state index is 12.6. The van der Waals surface area contributed by atoms with Crippen LogP contribution in [-0.4, -0.2) is 60.7 Å². The van der Waals surface area contributed by atoms with Crippen molar-refractivity contribution in [1.29, 1.82) is 0 Å². The van der Waals surface area contributed by atoms with Crippen LogP contribution in [-0.2, 0) is 16.1 Å². The Kier molecular flexibility index (Phi) is 5.66. The Bertz CT molecular complexity index is 669. The van der Waals surface area contributed by atoms with Gasteiger partial charge in [0.1, 0.15) is 5.75 Å². The minimum absolute atomic E-state index is 0.0642. The molecule has 1 saturated heterocycles. The number of carbonyl (C=O) groups excluding carboxylic acids is 2. The molecule has 0 aliphatic carbocycles. The Balaban J connectivity index is 1.63. The largest absolute Gasteiger partial charge is 0.482 e. The van der Waals surface area contributed by atoms with Crippen molar-refractivity contribution in [2.75, 3.05) is 32.1 Å². The van der Waals surface area contributed by atoms with Crippen LogP contribution < -0.4 is 10.1 Å². The van der Waals surface area contributed by atoms with Gasteiger partial charge in [-0.2, -0.15) is 0 Å². The van der Waals surface area contributed by atoms with E-state index in [1.165, 1.54) is 7.11 Å². The summed E-state index contributed by atoms with van der Waals surface area (Å²) in [6.45, 7) is 6.93. The molecule has 0 spiro atoms. The molecule has 2 aliphatic rings. The van der Waals surface area contributed by atoms with E-state index in [0.717, 1.165) is 37.2 Å².